The molecule has 104 valence electrons. The van der Waals surface area contributed by atoms with Crippen LogP contribution in [0.3, 0.4) is 0 Å². The molecule has 2 N–H and O–H groups in total. The molecule has 2 amide bonds. The predicted molar refractivity (Wildman–Crippen MR) is 70.6 cm³/mol. The van der Waals surface area contributed by atoms with Crippen LogP contribution in [0.15, 0.2) is 18.2 Å². The molecule has 0 unspecified atom stereocenters. The third-order valence-electron chi connectivity index (χ3n) is 2.40. The summed E-state index contributed by atoms with van der Waals surface area (Å²) >= 11 is 0. The molecule has 0 spiro atoms. The zero-order valence-electron chi connectivity index (χ0n) is 11.3. The maximum absolute atomic E-state index is 11.9. The van der Waals surface area contributed by atoms with Gasteiger partial charge in [-0.3, -0.25) is 9.59 Å². The number of rotatable bonds is 6. The number of ether oxygens (including phenoxy) is 2. The first-order chi connectivity index (χ1) is 9.10. The lowest BCUT2D eigenvalue weighted by molar-refractivity contribution is -0.120. The first kappa shape index (κ1) is 14.8. The fourth-order valence-electron chi connectivity index (χ4n) is 1.46. The molecule has 0 atom stereocenters. The van der Waals surface area contributed by atoms with Gasteiger partial charge in [0.15, 0.2) is 0 Å². The highest BCUT2D eigenvalue weighted by atomic mass is 16.5. The largest absolute Gasteiger partial charge is 0.497 e. The van der Waals surface area contributed by atoms with E-state index in [1.54, 1.807) is 18.2 Å². The van der Waals surface area contributed by atoms with Crippen molar-refractivity contribution in [3.05, 3.63) is 23.8 Å². The summed E-state index contributed by atoms with van der Waals surface area (Å²) in [4.78, 5) is 23.1. The van der Waals surface area contributed by atoms with Gasteiger partial charge in [0.25, 0.3) is 5.91 Å². The molecule has 6 heteroatoms. The number of carbonyl (C=O) groups is 2. The summed E-state index contributed by atoms with van der Waals surface area (Å²) < 4.78 is 10.1. The average molecular weight is 266 g/mol. The number of methoxy groups -OCH3 is 2. The normalized spacial score (nSPS) is 9.63. The fourth-order valence-corrected chi connectivity index (χ4v) is 1.46. The van der Waals surface area contributed by atoms with E-state index in [4.69, 9.17) is 9.47 Å². The molecule has 19 heavy (non-hydrogen) atoms. The highest BCUT2D eigenvalue weighted by molar-refractivity contribution is 5.97. The van der Waals surface area contributed by atoms with Gasteiger partial charge < -0.3 is 20.1 Å². The molecule has 0 saturated carbocycles. The highest BCUT2D eigenvalue weighted by Gasteiger charge is 2.10. The Morgan fingerprint density at radius 1 is 1.05 bits per heavy atom. The van der Waals surface area contributed by atoms with Gasteiger partial charge in [0.05, 0.1) is 20.8 Å². The van der Waals surface area contributed by atoms with Crippen LogP contribution in [0.5, 0.6) is 11.5 Å². The summed E-state index contributed by atoms with van der Waals surface area (Å²) in [6.45, 7) is 2.28. The molecule has 0 heterocycles. The molecule has 0 aliphatic carbocycles. The number of likely N-dealkylation sites (N-methyl/N-ethyl adjacent to an activating group) is 1. The molecule has 0 radical (unpaired) electrons. The van der Waals surface area contributed by atoms with E-state index in [-0.39, 0.29) is 18.4 Å². The molecule has 0 fully saturated rings. The molecule has 0 aliphatic rings. The minimum atomic E-state index is -0.358. The van der Waals surface area contributed by atoms with E-state index in [1.807, 2.05) is 6.92 Å². The average Bonchev–Trinajstić information content (AvgIpc) is 2.44. The fraction of sp³-hybridized carbons (Fsp3) is 0.385. The van der Waals surface area contributed by atoms with Gasteiger partial charge in [-0.1, -0.05) is 0 Å². The van der Waals surface area contributed by atoms with Crippen molar-refractivity contribution in [2.24, 2.45) is 0 Å². The van der Waals surface area contributed by atoms with Crippen molar-refractivity contribution >= 4 is 11.8 Å². The highest BCUT2D eigenvalue weighted by Crippen LogP contribution is 2.22. The van der Waals surface area contributed by atoms with Crippen molar-refractivity contribution in [1.82, 2.24) is 10.6 Å². The Morgan fingerprint density at radius 3 is 2.11 bits per heavy atom. The topological polar surface area (TPSA) is 76.7 Å². The molecule has 1 rings (SSSR count). The Morgan fingerprint density at radius 2 is 1.63 bits per heavy atom. The van der Waals surface area contributed by atoms with Crippen molar-refractivity contribution in [2.75, 3.05) is 27.3 Å². The molecule has 6 nitrogen and oxygen atoms in total. The summed E-state index contributed by atoms with van der Waals surface area (Å²) in [5.74, 6) is 0.444. The summed E-state index contributed by atoms with van der Waals surface area (Å²) in [6.07, 6.45) is 0. The zero-order chi connectivity index (χ0) is 14.3. The lowest BCUT2D eigenvalue weighted by Crippen LogP contribution is -2.36. The second kappa shape index (κ2) is 7.25. The Balaban J connectivity index is 2.73. The van der Waals surface area contributed by atoms with E-state index >= 15 is 0 Å². The second-order valence-electron chi connectivity index (χ2n) is 3.74. The smallest absolute Gasteiger partial charge is 0.251 e. The standard InChI is InChI=1S/C13H18N2O4/c1-4-14-12(16)8-15-13(17)9-5-10(18-2)7-11(6-9)19-3/h5-7H,4,8H2,1-3H3,(H,14,16)(H,15,17). The first-order valence-electron chi connectivity index (χ1n) is 5.88. The van der Waals surface area contributed by atoms with Gasteiger partial charge >= 0.3 is 0 Å². The van der Waals surface area contributed by atoms with Crippen LogP contribution in [-0.4, -0.2) is 39.1 Å². The lowest BCUT2D eigenvalue weighted by atomic mass is 10.2. The third kappa shape index (κ3) is 4.50. The van der Waals surface area contributed by atoms with Gasteiger partial charge in [0.1, 0.15) is 11.5 Å². The van der Waals surface area contributed by atoms with E-state index in [0.717, 1.165) is 0 Å². The van der Waals surface area contributed by atoms with Crippen LogP contribution in [0.4, 0.5) is 0 Å². The summed E-state index contributed by atoms with van der Waals surface area (Å²) in [6, 6.07) is 4.83. The molecule has 0 aromatic heterocycles. The molecule has 0 bridgehead atoms. The number of hydrogen-bond acceptors (Lipinski definition) is 4. The number of amides is 2. The lowest BCUT2D eigenvalue weighted by Gasteiger charge is -2.09. The van der Waals surface area contributed by atoms with Crippen molar-refractivity contribution in [2.45, 2.75) is 6.92 Å². The van der Waals surface area contributed by atoms with Gasteiger partial charge in [-0.2, -0.15) is 0 Å². The number of carbonyl (C=O) groups excluding carboxylic acids is 2. The van der Waals surface area contributed by atoms with Crippen LogP contribution < -0.4 is 20.1 Å². The molecule has 0 saturated heterocycles. The van der Waals surface area contributed by atoms with Gasteiger partial charge in [-0.25, -0.2) is 0 Å². The Bertz CT molecular complexity index is 438. The van der Waals surface area contributed by atoms with Crippen LogP contribution >= 0.6 is 0 Å². The van der Waals surface area contributed by atoms with Gasteiger partial charge in [-0.05, 0) is 19.1 Å². The number of nitrogens with one attached hydrogen (secondary N) is 2. The molecular formula is C13H18N2O4. The van der Waals surface area contributed by atoms with Gasteiger partial charge in [-0.15, -0.1) is 0 Å². The third-order valence-corrected chi connectivity index (χ3v) is 2.40. The van der Waals surface area contributed by atoms with Crippen molar-refractivity contribution in [1.29, 1.82) is 0 Å². The van der Waals surface area contributed by atoms with Crippen LogP contribution in [-0.2, 0) is 4.79 Å². The molecule has 1 aromatic rings. The quantitative estimate of drug-likeness (QED) is 0.789. The van der Waals surface area contributed by atoms with Gasteiger partial charge in [0, 0.05) is 18.2 Å². The maximum atomic E-state index is 11.9. The Labute approximate surface area is 112 Å². The summed E-state index contributed by atoms with van der Waals surface area (Å²) in [5, 5.41) is 5.12. The van der Waals surface area contributed by atoms with E-state index in [2.05, 4.69) is 10.6 Å². The number of benzene rings is 1. The van der Waals surface area contributed by atoms with Crippen LogP contribution in [0.25, 0.3) is 0 Å². The van der Waals surface area contributed by atoms with E-state index < -0.39 is 0 Å². The van der Waals surface area contributed by atoms with Crippen molar-refractivity contribution in [3.63, 3.8) is 0 Å². The zero-order valence-corrected chi connectivity index (χ0v) is 11.3. The summed E-state index contributed by atoms with van der Waals surface area (Å²) in [7, 11) is 3.01. The summed E-state index contributed by atoms with van der Waals surface area (Å²) in [5.41, 5.74) is 0.375. The Hall–Kier alpha value is -2.24. The van der Waals surface area contributed by atoms with E-state index in [1.165, 1.54) is 14.2 Å². The van der Waals surface area contributed by atoms with Crippen molar-refractivity contribution < 1.29 is 19.1 Å². The second-order valence-corrected chi connectivity index (χ2v) is 3.74. The Kier molecular flexibility index (Phi) is 5.66. The van der Waals surface area contributed by atoms with Crippen LogP contribution in [0.2, 0.25) is 0 Å². The number of hydrogen-bond donors (Lipinski definition) is 2. The minimum absolute atomic E-state index is 0.0633. The van der Waals surface area contributed by atoms with Crippen molar-refractivity contribution in [3.8, 4) is 11.5 Å². The molecule has 1 aromatic carbocycles. The van der Waals surface area contributed by atoms with Crippen LogP contribution in [0.1, 0.15) is 17.3 Å². The van der Waals surface area contributed by atoms with E-state index in [9.17, 15) is 9.59 Å². The molecular weight excluding hydrogens is 248 g/mol. The molecule has 0 aliphatic heterocycles. The van der Waals surface area contributed by atoms with Crippen LogP contribution in [0, 0.1) is 0 Å². The predicted octanol–water partition coefficient (Wildman–Crippen LogP) is 0.570. The maximum Gasteiger partial charge on any atom is 0.251 e. The van der Waals surface area contributed by atoms with Gasteiger partial charge in [0.2, 0.25) is 5.91 Å². The minimum Gasteiger partial charge on any atom is -0.497 e. The monoisotopic (exact) mass is 266 g/mol. The SMILES string of the molecule is CCNC(=O)CNC(=O)c1cc(OC)cc(OC)c1. The van der Waals surface area contributed by atoms with E-state index in [0.29, 0.717) is 23.6 Å². The first-order valence-corrected chi connectivity index (χ1v) is 5.88.